The van der Waals surface area contributed by atoms with Crippen LogP contribution in [0.2, 0.25) is 0 Å². The molecule has 1 aromatic carbocycles. The molecular formula is C13H22N2O. The lowest BCUT2D eigenvalue weighted by Gasteiger charge is -2.31. The first-order chi connectivity index (χ1) is 7.66. The fourth-order valence-electron chi connectivity index (χ4n) is 1.98. The maximum atomic E-state index is 6.06. The van der Waals surface area contributed by atoms with Gasteiger partial charge in [-0.15, -0.1) is 0 Å². The molecule has 0 aliphatic heterocycles. The van der Waals surface area contributed by atoms with Crippen LogP contribution >= 0.6 is 0 Å². The second-order valence-electron chi connectivity index (χ2n) is 4.19. The zero-order valence-corrected chi connectivity index (χ0v) is 10.4. The molecule has 0 heterocycles. The third kappa shape index (κ3) is 3.59. The Bertz CT molecular complexity index is 287. The monoisotopic (exact) mass is 222 g/mol. The van der Waals surface area contributed by atoms with Crippen molar-refractivity contribution in [3.63, 3.8) is 0 Å². The first kappa shape index (κ1) is 13.2. The number of hydrogen-bond acceptors (Lipinski definition) is 3. The minimum Gasteiger partial charge on any atom is -0.383 e. The molecule has 0 aliphatic carbocycles. The summed E-state index contributed by atoms with van der Waals surface area (Å²) in [5.41, 5.74) is 7.32. The van der Waals surface area contributed by atoms with Crippen LogP contribution in [-0.2, 0) is 4.74 Å². The summed E-state index contributed by atoms with van der Waals surface area (Å²) < 4.78 is 5.10. The third-order valence-corrected chi connectivity index (χ3v) is 2.76. The van der Waals surface area contributed by atoms with Gasteiger partial charge in [-0.2, -0.15) is 0 Å². The molecule has 0 aromatic heterocycles. The van der Waals surface area contributed by atoms with Gasteiger partial charge < -0.3 is 10.5 Å². The molecule has 0 fully saturated rings. The fraction of sp³-hybridized carbons (Fsp3) is 0.538. The molecule has 0 amide bonds. The quantitative estimate of drug-likeness (QED) is 0.795. The van der Waals surface area contributed by atoms with E-state index in [2.05, 4.69) is 36.2 Å². The van der Waals surface area contributed by atoms with Gasteiger partial charge in [-0.3, -0.25) is 4.90 Å². The van der Waals surface area contributed by atoms with Gasteiger partial charge in [0, 0.05) is 25.7 Å². The maximum Gasteiger partial charge on any atom is 0.0589 e. The van der Waals surface area contributed by atoms with Gasteiger partial charge in [0.25, 0.3) is 0 Å². The highest BCUT2D eigenvalue weighted by Crippen LogP contribution is 2.21. The predicted octanol–water partition coefficient (Wildman–Crippen LogP) is 1.65. The third-order valence-electron chi connectivity index (χ3n) is 2.76. The van der Waals surface area contributed by atoms with E-state index in [0.717, 1.165) is 13.2 Å². The number of hydrogen-bond donors (Lipinski definition) is 1. The van der Waals surface area contributed by atoms with Crippen LogP contribution in [0.1, 0.15) is 18.5 Å². The lowest BCUT2D eigenvalue weighted by molar-refractivity contribution is 0.131. The van der Waals surface area contributed by atoms with Crippen molar-refractivity contribution in [3.8, 4) is 0 Å². The van der Waals surface area contributed by atoms with Crippen LogP contribution in [0.25, 0.3) is 0 Å². The number of likely N-dealkylation sites (N-methyl/N-ethyl adjacent to an activating group) is 1. The number of rotatable bonds is 6. The topological polar surface area (TPSA) is 38.5 Å². The summed E-state index contributed by atoms with van der Waals surface area (Å²) in [5.74, 6) is 0. The van der Waals surface area contributed by atoms with Crippen LogP contribution < -0.4 is 5.73 Å². The Morgan fingerprint density at radius 3 is 2.44 bits per heavy atom. The molecule has 0 saturated heterocycles. The van der Waals surface area contributed by atoms with E-state index in [0.29, 0.717) is 0 Å². The van der Waals surface area contributed by atoms with Gasteiger partial charge in [-0.1, -0.05) is 30.3 Å². The van der Waals surface area contributed by atoms with E-state index in [-0.39, 0.29) is 12.1 Å². The Hall–Kier alpha value is -0.900. The summed E-state index contributed by atoms with van der Waals surface area (Å²) in [6, 6.07) is 10.7. The van der Waals surface area contributed by atoms with Gasteiger partial charge >= 0.3 is 0 Å². The summed E-state index contributed by atoms with van der Waals surface area (Å²) in [6.45, 7) is 3.66. The summed E-state index contributed by atoms with van der Waals surface area (Å²) in [7, 11) is 3.80. The smallest absolute Gasteiger partial charge is 0.0589 e. The molecule has 2 N–H and O–H groups in total. The van der Waals surface area contributed by atoms with E-state index in [9.17, 15) is 0 Å². The number of ether oxygens (including phenoxy) is 1. The Morgan fingerprint density at radius 2 is 1.94 bits per heavy atom. The molecule has 0 saturated carbocycles. The fourth-order valence-corrected chi connectivity index (χ4v) is 1.98. The van der Waals surface area contributed by atoms with Gasteiger partial charge in [0.2, 0.25) is 0 Å². The number of benzene rings is 1. The molecule has 1 aromatic rings. The standard InChI is InChI=1S/C13H22N2O/c1-11(14)13(15(2)9-10-16-3)12-7-5-4-6-8-12/h4-8,11,13H,9-10,14H2,1-3H3. The van der Waals surface area contributed by atoms with Crippen LogP contribution in [0.3, 0.4) is 0 Å². The average molecular weight is 222 g/mol. The van der Waals surface area contributed by atoms with E-state index in [4.69, 9.17) is 10.5 Å². The van der Waals surface area contributed by atoms with Crippen molar-refractivity contribution in [1.82, 2.24) is 4.90 Å². The molecule has 0 aliphatic rings. The summed E-state index contributed by atoms with van der Waals surface area (Å²) >= 11 is 0. The molecule has 0 radical (unpaired) electrons. The maximum absolute atomic E-state index is 6.06. The predicted molar refractivity (Wildman–Crippen MR) is 67.3 cm³/mol. The largest absolute Gasteiger partial charge is 0.383 e. The lowest BCUT2D eigenvalue weighted by Crippen LogP contribution is -2.38. The highest BCUT2D eigenvalue weighted by atomic mass is 16.5. The van der Waals surface area contributed by atoms with Gasteiger partial charge in [-0.25, -0.2) is 0 Å². The highest BCUT2D eigenvalue weighted by Gasteiger charge is 2.20. The van der Waals surface area contributed by atoms with Crippen molar-refractivity contribution in [2.24, 2.45) is 5.73 Å². The number of nitrogens with two attached hydrogens (primary N) is 1. The second kappa shape index (κ2) is 6.63. The first-order valence-corrected chi connectivity index (χ1v) is 5.66. The molecule has 2 unspecified atom stereocenters. The molecule has 3 heteroatoms. The van der Waals surface area contributed by atoms with Crippen molar-refractivity contribution < 1.29 is 4.74 Å². The first-order valence-electron chi connectivity index (χ1n) is 5.66. The highest BCUT2D eigenvalue weighted by molar-refractivity contribution is 5.20. The Morgan fingerprint density at radius 1 is 1.31 bits per heavy atom. The number of methoxy groups -OCH3 is 1. The van der Waals surface area contributed by atoms with Crippen LogP contribution in [-0.4, -0.2) is 38.3 Å². The van der Waals surface area contributed by atoms with Crippen molar-refractivity contribution in [3.05, 3.63) is 35.9 Å². The van der Waals surface area contributed by atoms with Crippen molar-refractivity contribution in [1.29, 1.82) is 0 Å². The molecular weight excluding hydrogens is 200 g/mol. The van der Waals surface area contributed by atoms with Crippen LogP contribution in [0.5, 0.6) is 0 Å². The van der Waals surface area contributed by atoms with Crippen molar-refractivity contribution >= 4 is 0 Å². The van der Waals surface area contributed by atoms with Gasteiger partial charge in [0.1, 0.15) is 0 Å². The molecule has 3 nitrogen and oxygen atoms in total. The minimum atomic E-state index is 0.101. The Balaban J connectivity index is 2.75. The Kier molecular flexibility index (Phi) is 5.46. The summed E-state index contributed by atoms with van der Waals surface area (Å²) in [5, 5.41) is 0. The summed E-state index contributed by atoms with van der Waals surface area (Å²) in [4.78, 5) is 2.24. The number of nitrogens with zero attached hydrogens (tertiary/aromatic N) is 1. The van der Waals surface area contributed by atoms with Gasteiger partial charge in [0.15, 0.2) is 0 Å². The molecule has 16 heavy (non-hydrogen) atoms. The average Bonchev–Trinajstić information content (AvgIpc) is 2.27. The van der Waals surface area contributed by atoms with Gasteiger partial charge in [0.05, 0.1) is 6.61 Å². The van der Waals surface area contributed by atoms with Gasteiger partial charge in [-0.05, 0) is 19.5 Å². The molecule has 0 spiro atoms. The van der Waals surface area contributed by atoms with Crippen LogP contribution in [0.15, 0.2) is 30.3 Å². The van der Waals surface area contributed by atoms with Crippen molar-refractivity contribution in [2.75, 3.05) is 27.3 Å². The van der Waals surface area contributed by atoms with E-state index >= 15 is 0 Å². The molecule has 0 bridgehead atoms. The molecule has 1 rings (SSSR count). The zero-order chi connectivity index (χ0) is 12.0. The van der Waals surface area contributed by atoms with E-state index in [1.807, 2.05) is 13.0 Å². The van der Waals surface area contributed by atoms with Crippen molar-refractivity contribution in [2.45, 2.75) is 19.0 Å². The Labute approximate surface area is 98.2 Å². The van der Waals surface area contributed by atoms with E-state index < -0.39 is 0 Å². The minimum absolute atomic E-state index is 0.101. The van der Waals surface area contributed by atoms with Crippen LogP contribution in [0, 0.1) is 0 Å². The molecule has 90 valence electrons. The summed E-state index contributed by atoms with van der Waals surface area (Å²) in [6.07, 6.45) is 0. The lowest BCUT2D eigenvalue weighted by atomic mass is 10.00. The van der Waals surface area contributed by atoms with E-state index in [1.54, 1.807) is 7.11 Å². The second-order valence-corrected chi connectivity index (χ2v) is 4.19. The SMILES string of the molecule is COCCN(C)C(c1ccccc1)C(C)N. The molecule has 2 atom stereocenters. The van der Waals surface area contributed by atoms with Crippen LogP contribution in [0.4, 0.5) is 0 Å². The van der Waals surface area contributed by atoms with E-state index in [1.165, 1.54) is 5.56 Å². The normalized spacial score (nSPS) is 15.1. The zero-order valence-electron chi connectivity index (χ0n) is 10.4.